The van der Waals surface area contributed by atoms with Gasteiger partial charge in [-0.2, -0.15) is 0 Å². The van der Waals surface area contributed by atoms with Gasteiger partial charge in [-0.1, -0.05) is 84.9 Å². The van der Waals surface area contributed by atoms with Gasteiger partial charge in [-0.3, -0.25) is 4.79 Å². The predicted molar refractivity (Wildman–Crippen MR) is 114 cm³/mol. The smallest absolute Gasteiger partial charge is 0.319 e. The Balaban J connectivity index is 1.71. The van der Waals surface area contributed by atoms with Crippen molar-refractivity contribution in [1.29, 1.82) is 0 Å². The molecule has 0 fully saturated rings. The van der Waals surface area contributed by atoms with E-state index in [1.807, 2.05) is 19.1 Å². The van der Waals surface area contributed by atoms with Crippen LogP contribution in [0.25, 0.3) is 11.1 Å². The van der Waals surface area contributed by atoms with Crippen LogP contribution in [0.5, 0.6) is 0 Å². The summed E-state index contributed by atoms with van der Waals surface area (Å²) >= 11 is 0. The van der Waals surface area contributed by atoms with E-state index in [0.29, 0.717) is 6.61 Å². The van der Waals surface area contributed by atoms with Crippen molar-refractivity contribution >= 4 is 5.97 Å². The van der Waals surface area contributed by atoms with Crippen LogP contribution in [0.3, 0.4) is 0 Å². The van der Waals surface area contributed by atoms with Gasteiger partial charge < -0.3 is 10.1 Å². The molecule has 0 amide bonds. The number of carbonyl (C=O) groups is 1. The van der Waals surface area contributed by atoms with Crippen molar-refractivity contribution in [2.24, 2.45) is 0 Å². The van der Waals surface area contributed by atoms with E-state index in [0.717, 1.165) is 13.0 Å². The molecule has 1 atom stereocenters. The molecule has 3 aromatic carbocycles. The average molecular weight is 373 g/mol. The summed E-state index contributed by atoms with van der Waals surface area (Å²) < 4.78 is 4.97. The largest absolute Gasteiger partial charge is 0.465 e. The highest BCUT2D eigenvalue weighted by molar-refractivity contribution is 5.71. The van der Waals surface area contributed by atoms with Crippen LogP contribution < -0.4 is 5.32 Å². The fraction of sp³-hybridized carbons (Fsp3) is 0.240. The van der Waals surface area contributed by atoms with Crippen molar-refractivity contribution in [2.45, 2.75) is 19.3 Å². The van der Waals surface area contributed by atoms with Gasteiger partial charge in [-0.15, -0.1) is 0 Å². The summed E-state index contributed by atoms with van der Waals surface area (Å²) in [4.78, 5) is 11.5. The molecule has 0 aromatic heterocycles. The summed E-state index contributed by atoms with van der Waals surface area (Å²) in [6.45, 7) is 3.24. The number of hydrogen-bond donors (Lipinski definition) is 1. The van der Waals surface area contributed by atoms with Crippen molar-refractivity contribution in [1.82, 2.24) is 5.32 Å². The lowest BCUT2D eigenvalue weighted by Gasteiger charge is -2.19. The monoisotopic (exact) mass is 373 g/mol. The maximum Gasteiger partial charge on any atom is 0.319 e. The van der Waals surface area contributed by atoms with Crippen LogP contribution in [-0.2, 0) is 9.53 Å². The molecule has 0 bridgehead atoms. The number of hydrogen-bond acceptors (Lipinski definition) is 3. The van der Waals surface area contributed by atoms with E-state index < -0.39 is 0 Å². The van der Waals surface area contributed by atoms with E-state index in [9.17, 15) is 4.79 Å². The molecule has 1 N–H and O–H groups in total. The Hall–Kier alpha value is -2.91. The van der Waals surface area contributed by atoms with Gasteiger partial charge in [0.2, 0.25) is 0 Å². The van der Waals surface area contributed by atoms with Crippen LogP contribution in [0, 0.1) is 0 Å². The van der Waals surface area contributed by atoms with Crippen molar-refractivity contribution < 1.29 is 9.53 Å². The predicted octanol–water partition coefficient (Wildman–Crippen LogP) is 5.03. The molecule has 1 unspecified atom stereocenters. The number of ether oxygens (including phenoxy) is 1. The van der Waals surface area contributed by atoms with Gasteiger partial charge in [-0.25, -0.2) is 0 Å². The van der Waals surface area contributed by atoms with Gasteiger partial charge in [0.15, 0.2) is 0 Å². The first-order valence-electron chi connectivity index (χ1n) is 9.84. The van der Waals surface area contributed by atoms with Crippen molar-refractivity contribution in [3.05, 3.63) is 96.1 Å². The molecular weight excluding hydrogens is 346 g/mol. The Kier molecular flexibility index (Phi) is 7.39. The zero-order valence-corrected chi connectivity index (χ0v) is 16.3. The molecule has 0 heterocycles. The Morgan fingerprint density at radius 3 is 2.04 bits per heavy atom. The maximum absolute atomic E-state index is 11.5. The van der Waals surface area contributed by atoms with Crippen LogP contribution in [0.2, 0.25) is 0 Å². The van der Waals surface area contributed by atoms with Gasteiger partial charge in [0.05, 0.1) is 13.2 Å². The standard InChI is InChI=1S/C25H27NO2/c1-2-28-25(27)19-26-18-17-24(22-11-7-4-8-12-22)23-15-13-21(14-16-23)20-9-5-3-6-10-20/h3-16,24,26H,2,17-19H2,1H3. The third-order valence-corrected chi connectivity index (χ3v) is 4.81. The van der Waals surface area contributed by atoms with Gasteiger partial charge in [0.25, 0.3) is 0 Å². The second-order valence-electron chi connectivity index (χ2n) is 6.72. The van der Waals surface area contributed by atoms with Crippen molar-refractivity contribution in [3.8, 4) is 11.1 Å². The van der Waals surface area contributed by atoms with Gasteiger partial charge >= 0.3 is 5.97 Å². The number of carbonyl (C=O) groups excluding carboxylic acids is 1. The zero-order valence-electron chi connectivity index (χ0n) is 16.3. The minimum absolute atomic E-state index is 0.203. The van der Waals surface area contributed by atoms with Crippen molar-refractivity contribution in [3.63, 3.8) is 0 Å². The summed E-state index contributed by atoms with van der Waals surface area (Å²) in [6.07, 6.45) is 0.911. The average Bonchev–Trinajstić information content (AvgIpc) is 2.75. The van der Waals surface area contributed by atoms with E-state index in [4.69, 9.17) is 4.74 Å². The highest BCUT2D eigenvalue weighted by Crippen LogP contribution is 2.29. The molecule has 0 aliphatic heterocycles. The van der Waals surface area contributed by atoms with Crippen LogP contribution in [0.4, 0.5) is 0 Å². The lowest BCUT2D eigenvalue weighted by atomic mass is 9.87. The second-order valence-corrected chi connectivity index (χ2v) is 6.72. The van der Waals surface area contributed by atoms with E-state index >= 15 is 0 Å². The van der Waals surface area contributed by atoms with Gasteiger partial charge in [-0.05, 0) is 42.1 Å². The van der Waals surface area contributed by atoms with Crippen LogP contribution in [0.1, 0.15) is 30.4 Å². The summed E-state index contributed by atoms with van der Waals surface area (Å²) in [5.74, 6) is 0.0756. The molecule has 0 spiro atoms. The lowest BCUT2D eigenvalue weighted by Crippen LogP contribution is -2.26. The van der Waals surface area contributed by atoms with E-state index in [2.05, 4.69) is 78.1 Å². The molecular formula is C25H27NO2. The fourth-order valence-corrected chi connectivity index (χ4v) is 3.40. The highest BCUT2D eigenvalue weighted by atomic mass is 16.5. The van der Waals surface area contributed by atoms with Gasteiger partial charge in [0.1, 0.15) is 0 Å². The first-order chi connectivity index (χ1) is 13.8. The molecule has 3 aromatic rings. The topological polar surface area (TPSA) is 38.3 Å². The number of rotatable bonds is 9. The normalized spacial score (nSPS) is 11.8. The minimum Gasteiger partial charge on any atom is -0.465 e. The number of benzene rings is 3. The Labute approximate surface area is 167 Å². The molecule has 28 heavy (non-hydrogen) atoms. The quantitative estimate of drug-likeness (QED) is 0.422. The summed E-state index contributed by atoms with van der Waals surface area (Å²) in [7, 11) is 0. The van der Waals surface area contributed by atoms with Gasteiger partial charge in [0, 0.05) is 5.92 Å². The molecule has 0 saturated heterocycles. The first-order valence-corrected chi connectivity index (χ1v) is 9.84. The second kappa shape index (κ2) is 10.4. The summed E-state index contributed by atoms with van der Waals surface area (Å²) in [6, 6.07) is 29.7. The molecule has 0 aliphatic carbocycles. The molecule has 3 rings (SSSR count). The highest BCUT2D eigenvalue weighted by Gasteiger charge is 2.14. The Bertz CT molecular complexity index is 845. The Morgan fingerprint density at radius 2 is 1.39 bits per heavy atom. The van der Waals surface area contributed by atoms with Crippen LogP contribution in [-0.4, -0.2) is 25.7 Å². The SMILES string of the molecule is CCOC(=O)CNCCC(c1ccccc1)c1ccc(-c2ccccc2)cc1. The molecule has 0 saturated carbocycles. The summed E-state index contributed by atoms with van der Waals surface area (Å²) in [5.41, 5.74) is 5.01. The molecule has 0 aliphatic rings. The van der Waals surface area contributed by atoms with Crippen LogP contribution in [0.15, 0.2) is 84.9 Å². The third kappa shape index (κ3) is 5.54. The number of nitrogens with one attached hydrogen (secondary N) is 1. The lowest BCUT2D eigenvalue weighted by molar-refractivity contribution is -0.141. The van der Waals surface area contributed by atoms with E-state index in [1.54, 1.807) is 0 Å². The fourth-order valence-electron chi connectivity index (χ4n) is 3.40. The van der Waals surface area contributed by atoms with E-state index in [-0.39, 0.29) is 18.4 Å². The van der Waals surface area contributed by atoms with Crippen LogP contribution >= 0.6 is 0 Å². The minimum atomic E-state index is -0.203. The molecule has 3 heteroatoms. The zero-order chi connectivity index (χ0) is 19.6. The number of esters is 1. The molecule has 3 nitrogen and oxygen atoms in total. The molecule has 0 radical (unpaired) electrons. The third-order valence-electron chi connectivity index (χ3n) is 4.81. The summed E-state index contributed by atoms with van der Waals surface area (Å²) in [5, 5.41) is 3.20. The van der Waals surface area contributed by atoms with Crippen molar-refractivity contribution in [2.75, 3.05) is 19.7 Å². The first kappa shape index (κ1) is 19.8. The Morgan fingerprint density at radius 1 is 0.821 bits per heavy atom. The molecule has 144 valence electrons. The van der Waals surface area contributed by atoms with E-state index in [1.165, 1.54) is 22.3 Å². The maximum atomic E-state index is 11.5.